The first-order valence-electron chi connectivity index (χ1n) is 5.37. The maximum Gasteiger partial charge on any atom is 0.417 e. The predicted molar refractivity (Wildman–Crippen MR) is 64.2 cm³/mol. The second-order valence-electron chi connectivity index (χ2n) is 3.92. The van der Waals surface area contributed by atoms with Gasteiger partial charge in [-0.25, -0.2) is 4.79 Å². The Bertz CT molecular complexity index is 616. The molecular weight excluding hydrogens is 238 g/mol. The summed E-state index contributed by atoms with van der Waals surface area (Å²) in [5.41, 5.74) is 7.33. The van der Waals surface area contributed by atoms with E-state index >= 15 is 0 Å². The van der Waals surface area contributed by atoms with E-state index in [1.807, 2.05) is 6.07 Å². The first-order valence-corrected chi connectivity index (χ1v) is 5.37. The highest BCUT2D eigenvalue weighted by atomic mass is 16.4. The summed E-state index contributed by atoms with van der Waals surface area (Å²) in [6.07, 6.45) is 0. The Kier molecular flexibility index (Phi) is 3.45. The van der Waals surface area contributed by atoms with Gasteiger partial charge in [-0.15, -0.1) is 0 Å². The molecule has 0 radical (unpaired) electrons. The lowest BCUT2D eigenvalue weighted by molar-refractivity contribution is -0.138. The van der Waals surface area contributed by atoms with Gasteiger partial charge in [-0.05, 0) is 17.7 Å². The number of benzene rings is 1. The fourth-order valence-electron chi connectivity index (χ4n) is 1.56. The molecule has 1 aromatic heterocycles. The summed E-state index contributed by atoms with van der Waals surface area (Å²) in [6, 6.07) is 4.33. The van der Waals surface area contributed by atoms with Crippen LogP contribution in [0.2, 0.25) is 0 Å². The number of carbonyl (C=O) groups is 1. The first kappa shape index (κ1) is 12.3. The molecule has 0 fully saturated rings. The van der Waals surface area contributed by atoms with Crippen molar-refractivity contribution in [2.24, 2.45) is 5.73 Å². The third-order valence-electron chi connectivity index (χ3n) is 2.50. The van der Waals surface area contributed by atoms with E-state index in [0.29, 0.717) is 17.6 Å². The molecule has 0 aliphatic carbocycles. The molecule has 0 saturated heterocycles. The second kappa shape index (κ2) is 5.03. The number of hydrogen-bond donors (Lipinski definition) is 4. The number of hydrogen-bond acceptors (Lipinski definition) is 5. The third-order valence-corrected chi connectivity index (χ3v) is 2.50. The van der Waals surface area contributed by atoms with Crippen molar-refractivity contribution >= 4 is 17.1 Å². The van der Waals surface area contributed by atoms with Crippen molar-refractivity contribution in [3.8, 4) is 0 Å². The zero-order valence-corrected chi connectivity index (χ0v) is 9.47. The maximum absolute atomic E-state index is 11.0. The van der Waals surface area contributed by atoms with Crippen LogP contribution < -0.4 is 16.8 Å². The molecule has 1 aromatic carbocycles. The van der Waals surface area contributed by atoms with E-state index in [9.17, 15) is 9.59 Å². The molecule has 1 unspecified atom stereocenters. The monoisotopic (exact) mass is 251 g/mol. The van der Waals surface area contributed by atoms with Gasteiger partial charge in [0.25, 0.3) is 0 Å². The molecular formula is C11H13N3O4. The molecule has 0 saturated carbocycles. The molecule has 0 aliphatic heterocycles. The van der Waals surface area contributed by atoms with Gasteiger partial charge in [0.2, 0.25) is 0 Å². The average Bonchev–Trinajstić information content (AvgIpc) is 2.68. The quantitative estimate of drug-likeness (QED) is 0.575. The number of aromatic nitrogens is 1. The van der Waals surface area contributed by atoms with Crippen LogP contribution in [0.3, 0.4) is 0 Å². The minimum atomic E-state index is -1.05. The number of rotatable bonds is 5. The van der Waals surface area contributed by atoms with Gasteiger partial charge in [0, 0.05) is 13.1 Å². The molecule has 2 aromatic rings. The zero-order chi connectivity index (χ0) is 13.1. The van der Waals surface area contributed by atoms with Crippen LogP contribution in [-0.4, -0.2) is 28.6 Å². The van der Waals surface area contributed by atoms with Gasteiger partial charge in [-0.3, -0.25) is 9.78 Å². The number of carboxylic acids is 1. The third kappa shape index (κ3) is 2.76. The van der Waals surface area contributed by atoms with Crippen molar-refractivity contribution in [2.75, 3.05) is 6.54 Å². The Morgan fingerprint density at radius 1 is 1.56 bits per heavy atom. The van der Waals surface area contributed by atoms with E-state index in [0.717, 1.165) is 5.56 Å². The molecule has 1 atom stereocenters. The van der Waals surface area contributed by atoms with E-state index in [2.05, 4.69) is 10.3 Å². The van der Waals surface area contributed by atoms with Crippen LogP contribution in [0.1, 0.15) is 5.56 Å². The molecule has 96 valence electrons. The standard InChI is InChI=1S/C11H13N3O4/c12-7(10(15)16)5-13-4-6-1-2-8-9(3-6)18-11(17)14-8/h1-3,7,13H,4-5,12H2,(H,14,17)(H,15,16). The van der Waals surface area contributed by atoms with Gasteiger partial charge < -0.3 is 20.6 Å². The average molecular weight is 251 g/mol. The van der Waals surface area contributed by atoms with E-state index in [1.54, 1.807) is 12.1 Å². The number of fused-ring (bicyclic) bond motifs is 1. The second-order valence-corrected chi connectivity index (χ2v) is 3.92. The smallest absolute Gasteiger partial charge is 0.417 e. The number of aromatic amines is 1. The zero-order valence-electron chi connectivity index (χ0n) is 9.47. The maximum atomic E-state index is 11.0. The summed E-state index contributed by atoms with van der Waals surface area (Å²) < 4.78 is 4.92. The Balaban J connectivity index is 1.99. The number of nitrogens with one attached hydrogen (secondary N) is 2. The van der Waals surface area contributed by atoms with Crippen LogP contribution in [0.15, 0.2) is 27.4 Å². The fourth-order valence-corrected chi connectivity index (χ4v) is 1.56. The van der Waals surface area contributed by atoms with Gasteiger partial charge in [0.1, 0.15) is 6.04 Å². The lowest BCUT2D eigenvalue weighted by atomic mass is 10.2. The van der Waals surface area contributed by atoms with Gasteiger partial charge in [0.05, 0.1) is 5.52 Å². The summed E-state index contributed by atoms with van der Waals surface area (Å²) in [5.74, 6) is -1.54. The largest absolute Gasteiger partial charge is 0.480 e. The van der Waals surface area contributed by atoms with Gasteiger partial charge in [0.15, 0.2) is 5.58 Å². The van der Waals surface area contributed by atoms with E-state index in [4.69, 9.17) is 15.3 Å². The van der Waals surface area contributed by atoms with Crippen LogP contribution in [0.25, 0.3) is 11.1 Å². The number of oxazole rings is 1. The minimum absolute atomic E-state index is 0.171. The highest BCUT2D eigenvalue weighted by molar-refractivity contribution is 5.73. The summed E-state index contributed by atoms with van der Waals surface area (Å²) >= 11 is 0. The summed E-state index contributed by atoms with van der Waals surface area (Å²) in [5, 5.41) is 11.5. The highest BCUT2D eigenvalue weighted by Crippen LogP contribution is 2.11. The van der Waals surface area contributed by atoms with Crippen molar-refractivity contribution in [1.29, 1.82) is 0 Å². The van der Waals surface area contributed by atoms with E-state index in [1.165, 1.54) is 0 Å². The normalized spacial score (nSPS) is 12.7. The number of H-pyrrole nitrogens is 1. The minimum Gasteiger partial charge on any atom is -0.480 e. The van der Waals surface area contributed by atoms with Crippen LogP contribution in [0.4, 0.5) is 0 Å². The topological polar surface area (TPSA) is 121 Å². The predicted octanol–water partition coefficient (Wildman–Crippen LogP) is -0.377. The van der Waals surface area contributed by atoms with E-state index < -0.39 is 17.8 Å². The molecule has 0 spiro atoms. The molecule has 0 bridgehead atoms. The lowest BCUT2D eigenvalue weighted by Crippen LogP contribution is -2.40. The number of carboxylic acid groups (broad SMARTS) is 1. The van der Waals surface area contributed by atoms with Crippen molar-refractivity contribution in [3.63, 3.8) is 0 Å². The molecule has 18 heavy (non-hydrogen) atoms. The molecule has 7 nitrogen and oxygen atoms in total. The molecule has 7 heteroatoms. The SMILES string of the molecule is NC(CNCc1ccc2[nH]c(=O)oc2c1)C(=O)O. The first-order chi connectivity index (χ1) is 8.56. The highest BCUT2D eigenvalue weighted by Gasteiger charge is 2.10. The summed E-state index contributed by atoms with van der Waals surface area (Å²) in [4.78, 5) is 24.0. The molecule has 0 amide bonds. The lowest BCUT2D eigenvalue weighted by Gasteiger charge is -2.08. The summed E-state index contributed by atoms with van der Waals surface area (Å²) in [7, 11) is 0. The van der Waals surface area contributed by atoms with Crippen molar-refractivity contribution in [2.45, 2.75) is 12.6 Å². The molecule has 5 N–H and O–H groups in total. The summed E-state index contributed by atoms with van der Waals surface area (Å²) in [6.45, 7) is 0.621. The van der Waals surface area contributed by atoms with Gasteiger partial charge in [-0.2, -0.15) is 0 Å². The van der Waals surface area contributed by atoms with E-state index in [-0.39, 0.29) is 6.54 Å². The van der Waals surface area contributed by atoms with Gasteiger partial charge >= 0.3 is 11.7 Å². The van der Waals surface area contributed by atoms with Gasteiger partial charge in [-0.1, -0.05) is 6.07 Å². The molecule has 2 rings (SSSR count). The molecule has 1 heterocycles. The van der Waals surface area contributed by atoms with Crippen molar-refractivity contribution in [3.05, 3.63) is 34.3 Å². The Morgan fingerprint density at radius 3 is 3.06 bits per heavy atom. The van der Waals surface area contributed by atoms with Crippen LogP contribution >= 0.6 is 0 Å². The Morgan fingerprint density at radius 2 is 2.33 bits per heavy atom. The Hall–Kier alpha value is -2.12. The van der Waals surface area contributed by atoms with Crippen LogP contribution in [0.5, 0.6) is 0 Å². The Labute approximate surface area is 102 Å². The number of nitrogens with two attached hydrogens (primary N) is 1. The van der Waals surface area contributed by atoms with Crippen LogP contribution in [0, 0.1) is 0 Å². The van der Waals surface area contributed by atoms with Crippen molar-refractivity contribution in [1.82, 2.24) is 10.3 Å². The van der Waals surface area contributed by atoms with Crippen LogP contribution in [-0.2, 0) is 11.3 Å². The van der Waals surface area contributed by atoms with Crippen molar-refractivity contribution < 1.29 is 14.3 Å². The number of aliphatic carboxylic acids is 1. The fraction of sp³-hybridized carbons (Fsp3) is 0.273. The molecule has 0 aliphatic rings.